The number of carbonyl (C=O) groups excluding carboxylic acids is 1. The molecule has 0 spiro atoms. The summed E-state index contributed by atoms with van der Waals surface area (Å²) in [6.07, 6.45) is -1.18. The minimum Gasteiger partial charge on any atom is -0.491 e. The molecular weight excluding hydrogens is 541 g/mol. The van der Waals surface area contributed by atoms with Gasteiger partial charge in [0.15, 0.2) is 5.75 Å². The van der Waals surface area contributed by atoms with Gasteiger partial charge in [0.2, 0.25) is 0 Å². The van der Waals surface area contributed by atoms with Gasteiger partial charge in [-0.15, -0.1) is 11.6 Å². The summed E-state index contributed by atoms with van der Waals surface area (Å²) < 4.78 is 22.0. The fourth-order valence-electron chi connectivity index (χ4n) is 4.04. The molecule has 2 aromatic carbocycles. The Morgan fingerprint density at radius 3 is 2.24 bits per heavy atom. The van der Waals surface area contributed by atoms with Gasteiger partial charge >= 0.3 is 5.97 Å². The van der Waals surface area contributed by atoms with Gasteiger partial charge in [-0.3, -0.25) is 9.69 Å². The number of hydrogen-bond donors (Lipinski definition) is 1. The summed E-state index contributed by atoms with van der Waals surface area (Å²) >= 11 is 18.9. The maximum atomic E-state index is 11.2. The highest BCUT2D eigenvalue weighted by Crippen LogP contribution is 2.40. The molecule has 7 nitrogen and oxygen atoms in total. The van der Waals surface area contributed by atoms with Gasteiger partial charge in [0.1, 0.15) is 31.2 Å². The number of hydrogen-bond acceptors (Lipinski definition) is 7. The Bertz CT molecular complexity index is 1000. The molecule has 0 aliphatic carbocycles. The van der Waals surface area contributed by atoms with Crippen molar-refractivity contribution in [3.8, 4) is 11.5 Å². The monoisotopic (exact) mass is 573 g/mol. The van der Waals surface area contributed by atoms with Crippen LogP contribution in [0.15, 0.2) is 36.4 Å². The fraction of sp³-hybridized carbons (Fsp3) is 0.519. The van der Waals surface area contributed by atoms with Crippen molar-refractivity contribution < 1.29 is 28.8 Å². The predicted molar refractivity (Wildman–Crippen MR) is 146 cm³/mol. The Hall–Kier alpha value is -1.74. The van der Waals surface area contributed by atoms with E-state index in [1.807, 2.05) is 36.4 Å². The van der Waals surface area contributed by atoms with E-state index in [4.69, 9.17) is 53.8 Å². The molecule has 1 aliphatic rings. The summed E-state index contributed by atoms with van der Waals surface area (Å²) in [6.45, 7) is 9.31. The highest BCUT2D eigenvalue weighted by atomic mass is 35.5. The molecule has 3 rings (SSSR count). The largest absolute Gasteiger partial charge is 0.491 e. The Kier molecular flexibility index (Phi) is 11.2. The minimum atomic E-state index is -0.608. The van der Waals surface area contributed by atoms with Gasteiger partial charge in [-0.05, 0) is 35.4 Å². The topological polar surface area (TPSA) is 77.5 Å². The van der Waals surface area contributed by atoms with E-state index in [-0.39, 0.29) is 19.1 Å². The number of ether oxygens (including phenoxy) is 4. The summed E-state index contributed by atoms with van der Waals surface area (Å²) in [4.78, 5) is 13.4. The quantitative estimate of drug-likeness (QED) is 0.284. The number of esters is 1. The van der Waals surface area contributed by atoms with Crippen LogP contribution in [-0.2, 0) is 19.7 Å². The predicted octanol–water partition coefficient (Wildman–Crippen LogP) is 4.94. The van der Waals surface area contributed by atoms with Crippen LogP contribution in [0.5, 0.6) is 11.5 Å². The van der Waals surface area contributed by atoms with Crippen LogP contribution >= 0.6 is 34.8 Å². The number of β-amino-alcohol motifs (C(OH)–C–C–N with tert-alkyl or cyclic N) is 1. The standard InChI is InChI=1S/C27H34Cl3NO6/c1-18(32)37-23(14-28)17-36-26-24(29)12-20(13-25(26)30)27(2,3)19-4-6-22(7-5-19)35-16-21(33)15-31-8-10-34-11-9-31/h4-7,12-13,21,23,33H,8-11,14-17H2,1-3H3/t21-,23+/m1/s1. The fourth-order valence-corrected chi connectivity index (χ4v) is 4.79. The summed E-state index contributed by atoms with van der Waals surface area (Å²) in [7, 11) is 0. The molecule has 1 aliphatic heterocycles. The van der Waals surface area contributed by atoms with Crippen molar-refractivity contribution >= 4 is 40.8 Å². The molecule has 1 heterocycles. The maximum Gasteiger partial charge on any atom is 0.303 e. The highest BCUT2D eigenvalue weighted by Gasteiger charge is 2.26. The lowest BCUT2D eigenvalue weighted by Gasteiger charge is -2.28. The van der Waals surface area contributed by atoms with Gasteiger partial charge in [-0.25, -0.2) is 0 Å². The van der Waals surface area contributed by atoms with Crippen molar-refractivity contribution in [1.82, 2.24) is 4.90 Å². The van der Waals surface area contributed by atoms with Crippen molar-refractivity contribution in [2.75, 3.05) is 51.9 Å². The summed E-state index contributed by atoms with van der Waals surface area (Å²) in [6, 6.07) is 11.4. The van der Waals surface area contributed by atoms with Crippen LogP contribution in [0.2, 0.25) is 10.0 Å². The molecule has 2 atom stereocenters. The zero-order chi connectivity index (χ0) is 27.0. The van der Waals surface area contributed by atoms with Crippen molar-refractivity contribution in [1.29, 1.82) is 0 Å². The first-order valence-electron chi connectivity index (χ1n) is 12.2. The van der Waals surface area contributed by atoms with Crippen LogP contribution in [-0.4, -0.2) is 80.1 Å². The van der Waals surface area contributed by atoms with Crippen LogP contribution in [0.1, 0.15) is 31.9 Å². The van der Waals surface area contributed by atoms with E-state index in [0.717, 1.165) is 24.2 Å². The van der Waals surface area contributed by atoms with E-state index >= 15 is 0 Å². The van der Waals surface area contributed by atoms with Crippen LogP contribution in [0.4, 0.5) is 0 Å². The lowest BCUT2D eigenvalue weighted by Crippen LogP contribution is -2.42. The normalized spacial score (nSPS) is 16.2. The van der Waals surface area contributed by atoms with Crippen molar-refractivity contribution in [3.63, 3.8) is 0 Å². The SMILES string of the molecule is CC(=O)O[C@@H](CCl)COc1c(Cl)cc(C(C)(C)c2ccc(OC[C@H](O)CN3CCOCC3)cc2)cc1Cl. The first-order chi connectivity index (χ1) is 17.6. The number of alkyl halides is 1. The van der Waals surface area contributed by atoms with Crippen molar-refractivity contribution in [2.24, 2.45) is 0 Å². The molecule has 0 saturated carbocycles. The second-order valence-electron chi connectivity index (χ2n) is 9.49. The van der Waals surface area contributed by atoms with E-state index < -0.39 is 23.6 Å². The zero-order valence-corrected chi connectivity index (χ0v) is 23.6. The lowest BCUT2D eigenvalue weighted by atomic mass is 9.78. The minimum absolute atomic E-state index is 0.0356. The molecule has 0 amide bonds. The van der Waals surface area contributed by atoms with Crippen LogP contribution in [0, 0.1) is 0 Å². The first-order valence-corrected chi connectivity index (χ1v) is 13.5. The Morgan fingerprint density at radius 1 is 1.05 bits per heavy atom. The van der Waals surface area contributed by atoms with E-state index in [9.17, 15) is 9.90 Å². The number of benzene rings is 2. The number of morpholine rings is 1. The molecule has 1 saturated heterocycles. The zero-order valence-electron chi connectivity index (χ0n) is 21.3. The van der Waals surface area contributed by atoms with Gasteiger partial charge < -0.3 is 24.1 Å². The van der Waals surface area contributed by atoms with Crippen molar-refractivity contribution in [3.05, 3.63) is 57.6 Å². The molecular formula is C27H34Cl3NO6. The molecule has 0 aromatic heterocycles. The summed E-state index contributed by atoms with van der Waals surface area (Å²) in [5, 5.41) is 11.0. The maximum absolute atomic E-state index is 11.2. The highest BCUT2D eigenvalue weighted by molar-refractivity contribution is 6.37. The molecule has 1 N–H and O–H groups in total. The third-order valence-corrected chi connectivity index (χ3v) is 7.14. The third kappa shape index (κ3) is 8.63. The second kappa shape index (κ2) is 13.9. The van der Waals surface area contributed by atoms with E-state index in [1.54, 1.807) is 0 Å². The van der Waals surface area contributed by atoms with Gasteiger partial charge in [0, 0.05) is 32.0 Å². The Labute approximate surface area is 233 Å². The molecule has 204 valence electrons. The number of aliphatic hydroxyl groups excluding tert-OH is 1. The van der Waals surface area contributed by atoms with Gasteiger partial charge in [-0.2, -0.15) is 0 Å². The molecule has 0 bridgehead atoms. The van der Waals surface area contributed by atoms with Gasteiger partial charge in [0.05, 0.1) is 29.1 Å². The van der Waals surface area contributed by atoms with Gasteiger partial charge in [0.25, 0.3) is 0 Å². The van der Waals surface area contributed by atoms with E-state index in [2.05, 4.69) is 18.7 Å². The Morgan fingerprint density at radius 2 is 1.68 bits per heavy atom. The molecule has 0 unspecified atom stereocenters. The van der Waals surface area contributed by atoms with Crippen LogP contribution in [0.3, 0.4) is 0 Å². The van der Waals surface area contributed by atoms with E-state index in [1.165, 1.54) is 6.92 Å². The molecule has 0 radical (unpaired) electrons. The lowest BCUT2D eigenvalue weighted by molar-refractivity contribution is -0.146. The number of aliphatic hydroxyl groups is 1. The number of carbonyl (C=O) groups is 1. The molecule has 37 heavy (non-hydrogen) atoms. The van der Waals surface area contributed by atoms with E-state index in [0.29, 0.717) is 41.3 Å². The average Bonchev–Trinajstić information content (AvgIpc) is 2.86. The van der Waals surface area contributed by atoms with Gasteiger partial charge in [-0.1, -0.05) is 49.2 Å². The second-order valence-corrected chi connectivity index (χ2v) is 10.6. The number of rotatable bonds is 12. The first kappa shape index (κ1) is 29.8. The molecule has 10 heteroatoms. The Balaban J connectivity index is 1.62. The number of nitrogens with zero attached hydrogens (tertiary/aromatic N) is 1. The molecule has 2 aromatic rings. The van der Waals surface area contributed by atoms with Crippen LogP contribution in [0.25, 0.3) is 0 Å². The summed E-state index contributed by atoms with van der Waals surface area (Å²) in [5.41, 5.74) is 1.52. The van der Waals surface area contributed by atoms with Crippen LogP contribution < -0.4 is 9.47 Å². The summed E-state index contributed by atoms with van der Waals surface area (Å²) in [5.74, 6) is 0.641. The smallest absolute Gasteiger partial charge is 0.303 e. The molecule has 1 fully saturated rings. The average molecular weight is 575 g/mol. The third-order valence-electron chi connectivity index (χ3n) is 6.23. The van der Waals surface area contributed by atoms with Crippen molar-refractivity contribution in [2.45, 2.75) is 38.4 Å². The number of halogens is 3.